The maximum absolute atomic E-state index is 12.5. The summed E-state index contributed by atoms with van der Waals surface area (Å²) in [5.74, 6) is 0.624. The SMILES string of the molecule is CC(C)(C)OC(=O)NCc1cccc(-c2cncc(OC[C@@H]3CCN3C(=O)OCc3ccccc3)c2)c1. The van der Waals surface area contributed by atoms with Gasteiger partial charge >= 0.3 is 12.2 Å². The summed E-state index contributed by atoms with van der Waals surface area (Å²) in [6.45, 7) is 7.11. The van der Waals surface area contributed by atoms with E-state index in [1.54, 1.807) is 17.3 Å². The Bertz CT molecular complexity index is 1210. The van der Waals surface area contributed by atoms with Crippen molar-refractivity contribution in [2.24, 2.45) is 0 Å². The zero-order valence-electron chi connectivity index (χ0n) is 21.5. The number of nitrogens with one attached hydrogen (secondary N) is 1. The molecule has 37 heavy (non-hydrogen) atoms. The first kappa shape index (κ1) is 26.0. The molecule has 1 N–H and O–H groups in total. The summed E-state index contributed by atoms with van der Waals surface area (Å²) in [4.78, 5) is 30.4. The van der Waals surface area contributed by atoms with Gasteiger partial charge in [0.05, 0.1) is 12.2 Å². The molecule has 1 saturated heterocycles. The molecule has 1 atom stereocenters. The van der Waals surface area contributed by atoms with Crippen LogP contribution >= 0.6 is 0 Å². The highest BCUT2D eigenvalue weighted by Gasteiger charge is 2.34. The summed E-state index contributed by atoms with van der Waals surface area (Å²) >= 11 is 0. The van der Waals surface area contributed by atoms with Crippen LogP contribution in [0.25, 0.3) is 11.1 Å². The summed E-state index contributed by atoms with van der Waals surface area (Å²) in [5.41, 5.74) is 3.20. The molecule has 4 rings (SSSR count). The van der Waals surface area contributed by atoms with Crippen molar-refractivity contribution >= 4 is 12.2 Å². The number of carbonyl (C=O) groups is 2. The second-order valence-electron chi connectivity index (χ2n) is 9.95. The number of hydrogen-bond acceptors (Lipinski definition) is 6. The van der Waals surface area contributed by atoms with Crippen LogP contribution < -0.4 is 10.1 Å². The molecule has 3 aromatic rings. The molecule has 0 unspecified atom stereocenters. The summed E-state index contributed by atoms with van der Waals surface area (Å²) in [6, 6.07) is 19.4. The predicted molar refractivity (Wildman–Crippen MR) is 140 cm³/mol. The van der Waals surface area contributed by atoms with Crippen molar-refractivity contribution < 1.29 is 23.8 Å². The molecule has 1 aliphatic heterocycles. The van der Waals surface area contributed by atoms with Gasteiger partial charge in [-0.3, -0.25) is 4.98 Å². The van der Waals surface area contributed by atoms with Gasteiger partial charge in [-0.2, -0.15) is 0 Å². The molecule has 1 aliphatic rings. The van der Waals surface area contributed by atoms with E-state index in [2.05, 4.69) is 10.3 Å². The van der Waals surface area contributed by atoms with Gasteiger partial charge in [-0.05, 0) is 56.0 Å². The highest BCUT2D eigenvalue weighted by molar-refractivity contribution is 5.69. The van der Waals surface area contributed by atoms with Crippen LogP contribution in [0.5, 0.6) is 5.75 Å². The minimum atomic E-state index is -0.545. The van der Waals surface area contributed by atoms with E-state index in [4.69, 9.17) is 14.2 Å². The number of likely N-dealkylation sites (tertiary alicyclic amines) is 1. The normalized spacial score (nSPS) is 14.9. The first-order valence-corrected chi connectivity index (χ1v) is 12.4. The molecule has 1 aromatic heterocycles. The lowest BCUT2D eigenvalue weighted by Gasteiger charge is -2.39. The minimum absolute atomic E-state index is 0.0332. The first-order valence-electron chi connectivity index (χ1n) is 12.4. The van der Waals surface area contributed by atoms with Gasteiger partial charge in [-0.25, -0.2) is 9.59 Å². The van der Waals surface area contributed by atoms with E-state index in [-0.39, 0.29) is 18.7 Å². The van der Waals surface area contributed by atoms with Crippen molar-refractivity contribution in [2.45, 2.75) is 52.0 Å². The lowest BCUT2D eigenvalue weighted by molar-refractivity contribution is 0.0259. The molecule has 0 radical (unpaired) electrons. The molecule has 0 spiro atoms. The highest BCUT2D eigenvalue weighted by Crippen LogP contribution is 2.25. The van der Waals surface area contributed by atoms with Crippen LogP contribution in [0.4, 0.5) is 9.59 Å². The number of aromatic nitrogens is 1. The number of amides is 2. The Balaban J connectivity index is 1.29. The summed E-state index contributed by atoms with van der Waals surface area (Å²) in [7, 11) is 0. The quantitative estimate of drug-likeness (QED) is 0.433. The topological polar surface area (TPSA) is 90.0 Å². The third-order valence-corrected chi connectivity index (χ3v) is 5.84. The van der Waals surface area contributed by atoms with Gasteiger partial charge in [0, 0.05) is 24.8 Å². The van der Waals surface area contributed by atoms with Gasteiger partial charge in [0.1, 0.15) is 24.6 Å². The number of rotatable bonds is 8. The molecule has 2 aromatic carbocycles. The van der Waals surface area contributed by atoms with Crippen molar-refractivity contribution in [3.63, 3.8) is 0 Å². The van der Waals surface area contributed by atoms with Gasteiger partial charge in [0.25, 0.3) is 0 Å². The largest absolute Gasteiger partial charge is 0.490 e. The van der Waals surface area contributed by atoms with E-state index in [0.29, 0.717) is 25.4 Å². The molecule has 0 bridgehead atoms. The smallest absolute Gasteiger partial charge is 0.410 e. The number of nitrogens with zero attached hydrogens (tertiary/aromatic N) is 2. The van der Waals surface area contributed by atoms with E-state index in [1.165, 1.54) is 0 Å². The molecular weight excluding hydrogens is 470 g/mol. The zero-order chi connectivity index (χ0) is 26.3. The number of alkyl carbamates (subject to hydrolysis) is 1. The van der Waals surface area contributed by atoms with Crippen LogP contribution in [0, 0.1) is 0 Å². The van der Waals surface area contributed by atoms with Crippen LogP contribution in [0.1, 0.15) is 38.3 Å². The molecule has 0 aliphatic carbocycles. The summed E-state index contributed by atoms with van der Waals surface area (Å²) in [5, 5.41) is 2.78. The van der Waals surface area contributed by atoms with Gasteiger partial charge in [-0.1, -0.05) is 48.5 Å². The van der Waals surface area contributed by atoms with Gasteiger partial charge in [0.2, 0.25) is 0 Å². The zero-order valence-corrected chi connectivity index (χ0v) is 21.5. The molecule has 8 heteroatoms. The number of hydrogen-bond donors (Lipinski definition) is 1. The van der Waals surface area contributed by atoms with Crippen molar-refractivity contribution in [3.05, 3.63) is 84.2 Å². The maximum Gasteiger partial charge on any atom is 0.410 e. The van der Waals surface area contributed by atoms with Crippen LogP contribution in [0.3, 0.4) is 0 Å². The second-order valence-corrected chi connectivity index (χ2v) is 9.95. The van der Waals surface area contributed by atoms with E-state index < -0.39 is 11.7 Å². The van der Waals surface area contributed by atoms with Gasteiger partial charge < -0.3 is 24.4 Å². The van der Waals surface area contributed by atoms with Crippen LogP contribution in [0.2, 0.25) is 0 Å². The van der Waals surface area contributed by atoms with Crippen LogP contribution in [-0.4, -0.2) is 46.9 Å². The fourth-order valence-corrected chi connectivity index (χ4v) is 3.85. The minimum Gasteiger partial charge on any atom is -0.490 e. The van der Waals surface area contributed by atoms with Crippen LogP contribution in [-0.2, 0) is 22.6 Å². The molecule has 2 amide bonds. The molecule has 8 nitrogen and oxygen atoms in total. The molecule has 194 valence electrons. The number of pyridine rings is 1. The van der Waals surface area contributed by atoms with Crippen LogP contribution in [0.15, 0.2) is 73.1 Å². The van der Waals surface area contributed by atoms with Gasteiger partial charge in [-0.15, -0.1) is 0 Å². The predicted octanol–water partition coefficient (Wildman–Crippen LogP) is 5.56. The fourth-order valence-electron chi connectivity index (χ4n) is 3.85. The third-order valence-electron chi connectivity index (χ3n) is 5.84. The van der Waals surface area contributed by atoms with Gasteiger partial charge in [0.15, 0.2) is 0 Å². The Morgan fingerprint density at radius 1 is 1.00 bits per heavy atom. The standard InChI is InChI=1S/C29H33N3O5/c1-29(2,3)37-27(33)31-16-22-10-7-11-23(14-22)24-15-26(18-30-17-24)35-20-25-12-13-32(25)28(34)36-19-21-8-5-4-6-9-21/h4-11,14-15,17-18,25H,12-13,16,19-20H2,1-3H3,(H,31,33)/t25-/m0/s1. The van der Waals surface area contributed by atoms with E-state index in [9.17, 15) is 9.59 Å². The Morgan fingerprint density at radius 3 is 2.51 bits per heavy atom. The van der Waals surface area contributed by atoms with Crippen molar-refractivity contribution in [2.75, 3.05) is 13.2 Å². The molecule has 2 heterocycles. The molecule has 0 saturated carbocycles. The monoisotopic (exact) mass is 503 g/mol. The summed E-state index contributed by atoms with van der Waals surface area (Å²) in [6.07, 6.45) is 3.51. The van der Waals surface area contributed by atoms with E-state index in [1.807, 2.05) is 81.4 Å². The van der Waals surface area contributed by atoms with Crippen molar-refractivity contribution in [3.8, 4) is 16.9 Å². The lowest BCUT2D eigenvalue weighted by atomic mass is 10.0. The van der Waals surface area contributed by atoms with E-state index in [0.717, 1.165) is 28.7 Å². The third kappa shape index (κ3) is 7.70. The highest BCUT2D eigenvalue weighted by atomic mass is 16.6. The number of ether oxygens (including phenoxy) is 3. The average molecular weight is 504 g/mol. The number of carbonyl (C=O) groups excluding carboxylic acids is 2. The molecular formula is C29H33N3O5. The fraction of sp³-hybridized carbons (Fsp3) is 0.345. The number of benzene rings is 2. The van der Waals surface area contributed by atoms with Crippen molar-refractivity contribution in [1.29, 1.82) is 0 Å². The summed E-state index contributed by atoms with van der Waals surface area (Å²) < 4.78 is 16.7. The van der Waals surface area contributed by atoms with E-state index >= 15 is 0 Å². The Labute approximate surface area is 217 Å². The molecule has 1 fully saturated rings. The Morgan fingerprint density at radius 2 is 1.78 bits per heavy atom. The second kappa shape index (κ2) is 11.8. The lowest BCUT2D eigenvalue weighted by Crippen LogP contribution is -2.54. The Kier molecular flexibility index (Phi) is 8.28. The average Bonchev–Trinajstić information content (AvgIpc) is 2.86. The Hall–Kier alpha value is -4.07. The first-order chi connectivity index (χ1) is 17.8. The maximum atomic E-state index is 12.5. The van der Waals surface area contributed by atoms with Crippen molar-refractivity contribution in [1.82, 2.24) is 15.2 Å².